The molecule has 0 heterocycles. The van der Waals surface area contributed by atoms with E-state index in [0.29, 0.717) is 0 Å². The minimum atomic E-state index is -0.873. The van der Waals surface area contributed by atoms with Gasteiger partial charge in [0.05, 0.1) is 6.42 Å². The third-order valence-electron chi connectivity index (χ3n) is 2.43. The Balaban J connectivity index is 4.05. The van der Waals surface area contributed by atoms with Crippen LogP contribution in [-0.4, -0.2) is 35.5 Å². The van der Waals surface area contributed by atoms with Gasteiger partial charge in [0, 0.05) is 19.5 Å². The van der Waals surface area contributed by atoms with Crippen molar-refractivity contribution < 1.29 is 14.7 Å². The highest BCUT2D eigenvalue weighted by Gasteiger charge is 2.20. The molecule has 14 heavy (non-hydrogen) atoms. The zero-order valence-corrected chi connectivity index (χ0v) is 9.28. The summed E-state index contributed by atoms with van der Waals surface area (Å²) in [5.74, 6) is -0.619. The lowest BCUT2D eigenvalue weighted by atomic mass is 9.97. The van der Waals surface area contributed by atoms with Gasteiger partial charge in [-0.25, -0.2) is 0 Å². The van der Waals surface area contributed by atoms with Gasteiger partial charge in [0.1, 0.15) is 0 Å². The fourth-order valence-corrected chi connectivity index (χ4v) is 1.01. The summed E-state index contributed by atoms with van der Waals surface area (Å²) in [6.45, 7) is 6.11. The van der Waals surface area contributed by atoms with Crippen molar-refractivity contribution in [3.63, 3.8) is 0 Å². The van der Waals surface area contributed by atoms with Crippen molar-refractivity contribution in [3.05, 3.63) is 0 Å². The molecule has 0 bridgehead atoms. The molecule has 4 nitrogen and oxygen atoms in total. The van der Waals surface area contributed by atoms with Crippen molar-refractivity contribution in [1.29, 1.82) is 0 Å². The molecule has 0 aromatic rings. The summed E-state index contributed by atoms with van der Waals surface area (Å²) in [6, 6.07) is 0. The van der Waals surface area contributed by atoms with E-state index in [-0.39, 0.29) is 30.7 Å². The first-order valence-corrected chi connectivity index (χ1v) is 4.83. The Morgan fingerprint density at radius 3 is 2.14 bits per heavy atom. The van der Waals surface area contributed by atoms with Crippen LogP contribution in [-0.2, 0) is 9.59 Å². The highest BCUT2D eigenvalue weighted by molar-refractivity contribution is 5.79. The van der Waals surface area contributed by atoms with E-state index >= 15 is 0 Å². The van der Waals surface area contributed by atoms with Crippen molar-refractivity contribution in [2.24, 2.45) is 11.8 Å². The number of hydrogen-bond acceptors (Lipinski definition) is 2. The van der Waals surface area contributed by atoms with E-state index in [2.05, 4.69) is 0 Å². The molecule has 1 N–H and O–H groups in total. The zero-order valence-electron chi connectivity index (χ0n) is 9.28. The van der Waals surface area contributed by atoms with Crippen LogP contribution >= 0.6 is 0 Å². The van der Waals surface area contributed by atoms with Crippen LogP contribution in [0.15, 0.2) is 0 Å². The first-order chi connectivity index (χ1) is 6.36. The normalized spacial score (nSPS) is 12.6. The van der Waals surface area contributed by atoms with Crippen LogP contribution in [0, 0.1) is 11.8 Å². The van der Waals surface area contributed by atoms with Gasteiger partial charge in [0.15, 0.2) is 0 Å². The molecule has 0 aliphatic rings. The Kier molecular flexibility index (Phi) is 5.20. The Bertz CT molecular complexity index is 213. The molecule has 0 radical (unpaired) electrons. The van der Waals surface area contributed by atoms with E-state index in [1.807, 2.05) is 20.8 Å². The molecule has 0 fully saturated rings. The Hall–Kier alpha value is -1.06. The minimum absolute atomic E-state index is 0.00700. The Morgan fingerprint density at radius 2 is 1.79 bits per heavy atom. The zero-order chi connectivity index (χ0) is 11.3. The van der Waals surface area contributed by atoms with Crippen LogP contribution in [0.1, 0.15) is 27.2 Å². The Labute approximate surface area is 84.9 Å². The Morgan fingerprint density at radius 1 is 1.29 bits per heavy atom. The number of rotatable bonds is 5. The second-order valence-corrected chi connectivity index (χ2v) is 3.94. The molecule has 1 amide bonds. The molecular weight excluding hydrogens is 182 g/mol. The number of amides is 1. The predicted molar refractivity (Wildman–Crippen MR) is 53.9 cm³/mol. The maximum absolute atomic E-state index is 11.6. The molecule has 0 aliphatic heterocycles. The summed E-state index contributed by atoms with van der Waals surface area (Å²) >= 11 is 0. The number of carbonyl (C=O) groups is 2. The van der Waals surface area contributed by atoms with Gasteiger partial charge >= 0.3 is 5.97 Å². The molecular formula is C10H19NO3. The van der Waals surface area contributed by atoms with E-state index in [4.69, 9.17) is 5.11 Å². The largest absolute Gasteiger partial charge is 0.481 e. The second kappa shape index (κ2) is 5.62. The van der Waals surface area contributed by atoms with E-state index in [1.165, 1.54) is 4.90 Å². The number of nitrogens with zero attached hydrogens (tertiary/aromatic N) is 1. The van der Waals surface area contributed by atoms with Gasteiger partial charge in [-0.1, -0.05) is 20.8 Å². The lowest BCUT2D eigenvalue weighted by Crippen LogP contribution is -2.35. The van der Waals surface area contributed by atoms with Crippen LogP contribution in [0.5, 0.6) is 0 Å². The molecule has 0 saturated carbocycles. The topological polar surface area (TPSA) is 57.6 Å². The summed E-state index contributed by atoms with van der Waals surface area (Å²) in [4.78, 5) is 23.4. The van der Waals surface area contributed by atoms with E-state index < -0.39 is 5.97 Å². The highest BCUT2D eigenvalue weighted by atomic mass is 16.4. The van der Waals surface area contributed by atoms with Crippen molar-refractivity contribution in [3.8, 4) is 0 Å². The van der Waals surface area contributed by atoms with Gasteiger partial charge in [-0.05, 0) is 5.92 Å². The number of aliphatic carboxylic acids is 1. The van der Waals surface area contributed by atoms with E-state index in [1.54, 1.807) is 7.05 Å². The molecule has 0 saturated heterocycles. The van der Waals surface area contributed by atoms with Crippen molar-refractivity contribution in [2.45, 2.75) is 27.2 Å². The summed E-state index contributed by atoms with van der Waals surface area (Å²) in [7, 11) is 1.64. The maximum atomic E-state index is 11.6. The molecule has 0 spiro atoms. The summed E-state index contributed by atoms with van der Waals surface area (Å²) in [5, 5.41) is 8.45. The standard InChI is InChI=1S/C10H19NO3/c1-7(2)8(3)10(14)11(4)6-5-9(12)13/h7-8H,5-6H2,1-4H3,(H,12,13). The molecule has 0 aromatic heterocycles. The van der Waals surface area contributed by atoms with Crippen molar-refractivity contribution >= 4 is 11.9 Å². The van der Waals surface area contributed by atoms with Crippen LogP contribution in [0.4, 0.5) is 0 Å². The third kappa shape index (κ3) is 4.25. The number of carboxylic acid groups (broad SMARTS) is 1. The van der Waals surface area contributed by atoms with E-state index in [0.717, 1.165) is 0 Å². The number of hydrogen-bond donors (Lipinski definition) is 1. The lowest BCUT2D eigenvalue weighted by Gasteiger charge is -2.22. The molecule has 1 unspecified atom stereocenters. The fourth-order valence-electron chi connectivity index (χ4n) is 1.01. The number of carbonyl (C=O) groups excluding carboxylic acids is 1. The summed E-state index contributed by atoms with van der Waals surface area (Å²) in [6.07, 6.45) is 0.00700. The van der Waals surface area contributed by atoms with Crippen LogP contribution in [0.25, 0.3) is 0 Å². The molecule has 1 atom stereocenters. The molecule has 82 valence electrons. The molecule has 0 aromatic carbocycles. The average molecular weight is 201 g/mol. The van der Waals surface area contributed by atoms with Gasteiger partial charge in [0.2, 0.25) is 5.91 Å². The van der Waals surface area contributed by atoms with Gasteiger partial charge < -0.3 is 10.0 Å². The molecule has 4 heteroatoms. The van der Waals surface area contributed by atoms with Crippen molar-refractivity contribution in [1.82, 2.24) is 4.90 Å². The average Bonchev–Trinajstić information content (AvgIpc) is 2.11. The first kappa shape index (κ1) is 12.9. The van der Waals surface area contributed by atoms with Gasteiger partial charge in [0.25, 0.3) is 0 Å². The minimum Gasteiger partial charge on any atom is -0.481 e. The summed E-state index contributed by atoms with van der Waals surface area (Å²) in [5.41, 5.74) is 0. The van der Waals surface area contributed by atoms with Gasteiger partial charge in [-0.15, -0.1) is 0 Å². The number of carboxylic acids is 1. The van der Waals surface area contributed by atoms with Crippen LogP contribution in [0.2, 0.25) is 0 Å². The van der Waals surface area contributed by atoms with Crippen LogP contribution in [0.3, 0.4) is 0 Å². The smallest absolute Gasteiger partial charge is 0.305 e. The lowest BCUT2D eigenvalue weighted by molar-refractivity contribution is -0.139. The van der Waals surface area contributed by atoms with Crippen molar-refractivity contribution in [2.75, 3.05) is 13.6 Å². The quantitative estimate of drug-likeness (QED) is 0.727. The first-order valence-electron chi connectivity index (χ1n) is 4.83. The third-order valence-corrected chi connectivity index (χ3v) is 2.43. The molecule has 0 rings (SSSR count). The van der Waals surface area contributed by atoms with Crippen LogP contribution < -0.4 is 0 Å². The highest BCUT2D eigenvalue weighted by Crippen LogP contribution is 2.12. The second-order valence-electron chi connectivity index (χ2n) is 3.94. The maximum Gasteiger partial charge on any atom is 0.305 e. The SMILES string of the molecule is CC(C)C(C)C(=O)N(C)CCC(=O)O. The van der Waals surface area contributed by atoms with E-state index in [9.17, 15) is 9.59 Å². The summed E-state index contributed by atoms with van der Waals surface area (Å²) < 4.78 is 0. The monoisotopic (exact) mass is 201 g/mol. The predicted octanol–water partition coefficient (Wildman–Crippen LogP) is 1.21. The van der Waals surface area contributed by atoms with Gasteiger partial charge in [-0.3, -0.25) is 9.59 Å². The molecule has 0 aliphatic carbocycles. The van der Waals surface area contributed by atoms with Gasteiger partial charge in [-0.2, -0.15) is 0 Å². The fraction of sp³-hybridized carbons (Fsp3) is 0.800.